The summed E-state index contributed by atoms with van der Waals surface area (Å²) in [5.74, 6) is 1.90. The van der Waals surface area contributed by atoms with E-state index >= 15 is 0 Å². The summed E-state index contributed by atoms with van der Waals surface area (Å²) in [5.41, 5.74) is 6.82. The average molecular weight is 576 g/mol. The second-order valence-corrected chi connectivity index (χ2v) is 11.3. The van der Waals surface area contributed by atoms with Gasteiger partial charge in [-0.15, -0.1) is 0 Å². The van der Waals surface area contributed by atoms with Crippen molar-refractivity contribution in [2.24, 2.45) is 0 Å². The van der Waals surface area contributed by atoms with Crippen LogP contribution in [0.1, 0.15) is 0 Å². The van der Waals surface area contributed by atoms with Crippen LogP contribution in [0.4, 0.5) is 0 Å². The summed E-state index contributed by atoms with van der Waals surface area (Å²) in [6.45, 7) is 0. The number of rotatable bonds is 4. The molecular formula is C41H25N3O. The molecule has 0 aliphatic rings. The molecule has 210 valence electrons. The molecular weight excluding hydrogens is 550 g/mol. The second kappa shape index (κ2) is 10.2. The van der Waals surface area contributed by atoms with Crippen molar-refractivity contribution in [3.63, 3.8) is 0 Å². The zero-order chi connectivity index (χ0) is 29.7. The fourth-order valence-corrected chi connectivity index (χ4v) is 6.31. The summed E-state index contributed by atoms with van der Waals surface area (Å²) in [7, 11) is 0. The van der Waals surface area contributed by atoms with Gasteiger partial charge in [-0.05, 0) is 69.1 Å². The normalized spacial score (nSPS) is 11.6. The second-order valence-electron chi connectivity index (χ2n) is 11.3. The molecule has 9 rings (SSSR count). The number of nitrogens with zero attached hydrogens (tertiary/aromatic N) is 3. The molecule has 2 aromatic heterocycles. The van der Waals surface area contributed by atoms with E-state index in [1.165, 1.54) is 27.1 Å². The van der Waals surface area contributed by atoms with E-state index < -0.39 is 0 Å². The molecule has 0 fully saturated rings. The van der Waals surface area contributed by atoms with Gasteiger partial charge in [0.1, 0.15) is 11.2 Å². The van der Waals surface area contributed by atoms with Gasteiger partial charge in [0.2, 0.25) is 0 Å². The van der Waals surface area contributed by atoms with Gasteiger partial charge >= 0.3 is 0 Å². The molecule has 0 amide bonds. The van der Waals surface area contributed by atoms with Crippen LogP contribution in [0.2, 0.25) is 0 Å². The maximum Gasteiger partial charge on any atom is 0.164 e. The first-order valence-electron chi connectivity index (χ1n) is 15.0. The maximum atomic E-state index is 6.32. The van der Waals surface area contributed by atoms with E-state index in [-0.39, 0.29) is 0 Å². The van der Waals surface area contributed by atoms with Crippen molar-refractivity contribution < 1.29 is 4.42 Å². The van der Waals surface area contributed by atoms with Crippen LogP contribution in [0, 0.1) is 0 Å². The highest BCUT2D eigenvalue weighted by Crippen LogP contribution is 2.39. The number of fused-ring (bicyclic) bond motifs is 6. The average Bonchev–Trinajstić information content (AvgIpc) is 3.49. The van der Waals surface area contributed by atoms with Crippen molar-refractivity contribution in [2.75, 3.05) is 0 Å². The summed E-state index contributed by atoms with van der Waals surface area (Å²) in [4.78, 5) is 14.7. The van der Waals surface area contributed by atoms with Gasteiger partial charge < -0.3 is 4.42 Å². The van der Waals surface area contributed by atoms with E-state index in [4.69, 9.17) is 19.4 Å². The molecule has 0 aliphatic heterocycles. The third-order valence-corrected chi connectivity index (χ3v) is 8.51. The van der Waals surface area contributed by atoms with Gasteiger partial charge in [0.15, 0.2) is 17.5 Å². The first-order chi connectivity index (χ1) is 22.3. The molecule has 0 N–H and O–H groups in total. The predicted octanol–water partition coefficient (Wildman–Crippen LogP) is 10.7. The van der Waals surface area contributed by atoms with Crippen LogP contribution in [0.5, 0.6) is 0 Å². The molecule has 2 heterocycles. The molecule has 0 spiro atoms. The Kier molecular flexibility index (Phi) is 5.78. The maximum absolute atomic E-state index is 6.32. The molecule has 0 bridgehead atoms. The quantitative estimate of drug-likeness (QED) is 0.196. The fourth-order valence-electron chi connectivity index (χ4n) is 6.31. The van der Waals surface area contributed by atoms with Crippen molar-refractivity contribution in [1.29, 1.82) is 0 Å². The topological polar surface area (TPSA) is 51.8 Å². The van der Waals surface area contributed by atoms with Gasteiger partial charge in [0, 0.05) is 27.5 Å². The monoisotopic (exact) mass is 575 g/mol. The third-order valence-electron chi connectivity index (χ3n) is 8.51. The molecule has 4 heteroatoms. The van der Waals surface area contributed by atoms with Crippen LogP contribution < -0.4 is 0 Å². The Hall–Kier alpha value is -6.13. The molecule has 0 unspecified atom stereocenters. The summed E-state index contributed by atoms with van der Waals surface area (Å²) in [5, 5.41) is 7.06. The fraction of sp³-hybridized carbons (Fsp3) is 0. The minimum absolute atomic E-state index is 0.621. The zero-order valence-electron chi connectivity index (χ0n) is 24.2. The summed E-state index contributed by atoms with van der Waals surface area (Å²) in [6.07, 6.45) is 0. The predicted molar refractivity (Wildman–Crippen MR) is 184 cm³/mol. The number of aromatic nitrogens is 3. The molecule has 0 aliphatic carbocycles. The number of furan rings is 1. The van der Waals surface area contributed by atoms with Crippen molar-refractivity contribution in [1.82, 2.24) is 15.0 Å². The van der Waals surface area contributed by atoms with E-state index in [0.29, 0.717) is 17.5 Å². The highest BCUT2D eigenvalue weighted by molar-refractivity contribution is 6.15. The molecule has 0 atom stereocenters. The van der Waals surface area contributed by atoms with Crippen molar-refractivity contribution in [3.05, 3.63) is 152 Å². The molecule has 0 saturated heterocycles. The highest BCUT2D eigenvalue weighted by Gasteiger charge is 2.16. The van der Waals surface area contributed by atoms with E-state index in [1.807, 2.05) is 72.8 Å². The van der Waals surface area contributed by atoms with Gasteiger partial charge in [0.05, 0.1) is 0 Å². The lowest BCUT2D eigenvalue weighted by Crippen LogP contribution is -2.00. The van der Waals surface area contributed by atoms with Crippen molar-refractivity contribution in [3.8, 4) is 45.3 Å². The SMILES string of the molecule is c1ccc(-c2nc(-c3ccccc3)nc(-c3ccc4oc5ccc(-c6cc7ccccc7c7ccccc67)cc5c4c3)n2)cc1. The lowest BCUT2D eigenvalue weighted by atomic mass is 9.92. The van der Waals surface area contributed by atoms with E-state index in [2.05, 4.69) is 78.9 Å². The van der Waals surface area contributed by atoms with Crippen LogP contribution in [-0.2, 0) is 0 Å². The van der Waals surface area contributed by atoms with Crippen LogP contribution in [0.25, 0.3) is 88.8 Å². The van der Waals surface area contributed by atoms with Crippen LogP contribution >= 0.6 is 0 Å². The Balaban J connectivity index is 1.23. The van der Waals surface area contributed by atoms with Gasteiger partial charge in [-0.2, -0.15) is 0 Å². The molecule has 0 saturated carbocycles. The minimum atomic E-state index is 0.621. The molecule has 9 aromatic rings. The lowest BCUT2D eigenvalue weighted by molar-refractivity contribution is 0.669. The number of benzene rings is 7. The Labute approximate surface area is 259 Å². The molecule has 0 radical (unpaired) electrons. The molecule has 7 aromatic carbocycles. The van der Waals surface area contributed by atoms with Crippen LogP contribution in [-0.4, -0.2) is 15.0 Å². The van der Waals surface area contributed by atoms with Crippen molar-refractivity contribution >= 4 is 43.5 Å². The summed E-state index contributed by atoms with van der Waals surface area (Å²) >= 11 is 0. The standard InChI is InChI=1S/C41H25N3O/c1-3-11-26(12-4-1)39-42-40(27-13-5-2-6-14-27)44-41(43-39)30-20-22-38-36(25-30)35-24-29(19-21-37(35)45-38)34-23-28-15-7-8-16-31(28)32-17-9-10-18-33(32)34/h1-25H. The summed E-state index contributed by atoms with van der Waals surface area (Å²) in [6, 6.07) is 52.3. The smallest absolute Gasteiger partial charge is 0.164 e. The van der Waals surface area contributed by atoms with Gasteiger partial charge in [0.25, 0.3) is 0 Å². The Morgan fingerprint density at radius 1 is 0.333 bits per heavy atom. The molecule has 45 heavy (non-hydrogen) atoms. The van der Waals surface area contributed by atoms with E-state index in [0.717, 1.165) is 44.2 Å². The Morgan fingerprint density at radius 3 is 1.47 bits per heavy atom. The molecule has 4 nitrogen and oxygen atoms in total. The first kappa shape index (κ1) is 25.4. The van der Waals surface area contributed by atoms with Gasteiger partial charge in [-0.3, -0.25) is 0 Å². The lowest BCUT2D eigenvalue weighted by Gasteiger charge is -2.11. The zero-order valence-corrected chi connectivity index (χ0v) is 24.2. The Bertz CT molecular complexity index is 2480. The third kappa shape index (κ3) is 4.35. The van der Waals surface area contributed by atoms with Crippen LogP contribution in [0.3, 0.4) is 0 Å². The van der Waals surface area contributed by atoms with Crippen LogP contribution in [0.15, 0.2) is 156 Å². The minimum Gasteiger partial charge on any atom is -0.456 e. The largest absolute Gasteiger partial charge is 0.456 e. The number of hydrogen-bond donors (Lipinski definition) is 0. The van der Waals surface area contributed by atoms with Gasteiger partial charge in [-0.1, -0.05) is 115 Å². The Morgan fingerprint density at radius 2 is 0.822 bits per heavy atom. The number of hydrogen-bond acceptors (Lipinski definition) is 4. The van der Waals surface area contributed by atoms with Gasteiger partial charge in [-0.25, -0.2) is 15.0 Å². The summed E-state index contributed by atoms with van der Waals surface area (Å²) < 4.78 is 6.32. The van der Waals surface area contributed by atoms with E-state index in [1.54, 1.807) is 0 Å². The van der Waals surface area contributed by atoms with Crippen molar-refractivity contribution in [2.45, 2.75) is 0 Å². The van der Waals surface area contributed by atoms with E-state index in [9.17, 15) is 0 Å². The first-order valence-corrected chi connectivity index (χ1v) is 15.0. The highest BCUT2D eigenvalue weighted by atomic mass is 16.3.